The van der Waals surface area contributed by atoms with E-state index in [2.05, 4.69) is 22.6 Å². The Bertz CT molecular complexity index is 1030. The van der Waals surface area contributed by atoms with Gasteiger partial charge < -0.3 is 19.1 Å². The van der Waals surface area contributed by atoms with Crippen LogP contribution in [0.2, 0.25) is 0 Å². The molecule has 6 rings (SSSR count). The minimum Gasteiger partial charge on any atom is -0.481 e. The number of rotatable bonds is 7. The molecule has 0 unspecified atom stereocenters. The Morgan fingerprint density at radius 2 is 1.91 bits per heavy atom. The number of carbonyl (C=O) groups is 2. The average molecular weight is 455 g/mol. The predicted octanol–water partition coefficient (Wildman–Crippen LogP) is 5.05. The number of carboxylic acids is 1. The highest BCUT2D eigenvalue weighted by molar-refractivity contribution is 5.90. The number of carbonyl (C=O) groups excluding carboxylic acids is 1. The molecule has 176 valence electrons. The third kappa shape index (κ3) is 4.24. The van der Waals surface area contributed by atoms with Crippen molar-refractivity contribution in [2.75, 3.05) is 11.9 Å². The molecule has 0 spiro atoms. The van der Waals surface area contributed by atoms with Crippen LogP contribution in [0.3, 0.4) is 0 Å². The zero-order valence-corrected chi connectivity index (χ0v) is 19.1. The van der Waals surface area contributed by atoms with Gasteiger partial charge in [-0.2, -0.15) is 0 Å². The number of carboxylic acid groups (broad SMARTS) is 1. The van der Waals surface area contributed by atoms with Gasteiger partial charge in [0, 0.05) is 11.0 Å². The van der Waals surface area contributed by atoms with E-state index in [1.54, 1.807) is 6.92 Å². The maximum atomic E-state index is 12.4. The minimum absolute atomic E-state index is 0.0739. The number of hydrogen-bond acceptors (Lipinski definition) is 6. The van der Waals surface area contributed by atoms with Crippen LogP contribution in [0, 0.1) is 12.8 Å². The zero-order valence-electron chi connectivity index (χ0n) is 19.1. The maximum Gasteiger partial charge on any atom is 0.412 e. The molecular weight excluding hydrogens is 424 g/mol. The summed E-state index contributed by atoms with van der Waals surface area (Å²) >= 11 is 0. The molecule has 8 heteroatoms. The van der Waals surface area contributed by atoms with Crippen molar-refractivity contribution in [2.45, 2.75) is 75.9 Å². The Morgan fingerprint density at radius 3 is 2.48 bits per heavy atom. The molecule has 2 aliphatic heterocycles. The van der Waals surface area contributed by atoms with E-state index in [4.69, 9.17) is 14.0 Å². The van der Waals surface area contributed by atoms with Crippen molar-refractivity contribution in [1.29, 1.82) is 0 Å². The van der Waals surface area contributed by atoms with E-state index in [1.807, 2.05) is 19.1 Å². The van der Waals surface area contributed by atoms with Gasteiger partial charge in [-0.3, -0.25) is 10.1 Å². The van der Waals surface area contributed by atoms with Crippen molar-refractivity contribution in [3.05, 3.63) is 35.5 Å². The number of ether oxygens (including phenoxy) is 2. The lowest BCUT2D eigenvalue weighted by atomic mass is 9.62. The van der Waals surface area contributed by atoms with Gasteiger partial charge in [0.25, 0.3) is 0 Å². The molecule has 1 aromatic heterocycles. The highest BCUT2D eigenvalue weighted by atomic mass is 16.6. The number of nitrogens with zero attached hydrogens (tertiary/aromatic N) is 1. The fraction of sp³-hybridized carbons (Fsp3) is 0.560. The van der Waals surface area contributed by atoms with Crippen molar-refractivity contribution in [3.8, 4) is 11.3 Å². The molecule has 1 atom stereocenters. The van der Waals surface area contributed by atoms with E-state index >= 15 is 0 Å². The van der Waals surface area contributed by atoms with E-state index in [0.717, 1.165) is 44.1 Å². The van der Waals surface area contributed by atoms with Gasteiger partial charge in [0.1, 0.15) is 17.5 Å². The molecule has 2 N–H and O–H groups in total. The van der Waals surface area contributed by atoms with E-state index < -0.39 is 17.7 Å². The number of aromatic nitrogens is 1. The largest absolute Gasteiger partial charge is 0.481 e. The lowest BCUT2D eigenvalue weighted by Gasteiger charge is -2.53. The quantitative estimate of drug-likeness (QED) is 0.602. The number of fused-ring (bicyclic) bond motifs is 3. The molecule has 3 heterocycles. The third-order valence-electron chi connectivity index (χ3n) is 7.67. The summed E-state index contributed by atoms with van der Waals surface area (Å²) in [7, 11) is 0. The summed E-state index contributed by atoms with van der Waals surface area (Å²) in [6, 6.07) is 8.09. The van der Waals surface area contributed by atoms with Gasteiger partial charge in [0.15, 0.2) is 5.76 Å². The van der Waals surface area contributed by atoms with Crippen LogP contribution in [0.5, 0.6) is 0 Å². The first-order chi connectivity index (χ1) is 15.8. The van der Waals surface area contributed by atoms with Gasteiger partial charge in [0.2, 0.25) is 0 Å². The monoisotopic (exact) mass is 454 g/mol. The molecule has 33 heavy (non-hydrogen) atoms. The summed E-state index contributed by atoms with van der Waals surface area (Å²) in [5.41, 5.74) is 2.52. The molecule has 1 aromatic carbocycles. The lowest BCUT2D eigenvalue weighted by molar-refractivity contribution is -0.174. The van der Waals surface area contributed by atoms with Crippen LogP contribution in [-0.4, -0.2) is 40.6 Å². The zero-order chi connectivity index (χ0) is 23.2. The smallest absolute Gasteiger partial charge is 0.412 e. The molecule has 2 bridgehead atoms. The molecule has 2 saturated heterocycles. The number of aliphatic carboxylic acids is 1. The van der Waals surface area contributed by atoms with Crippen LogP contribution in [-0.2, 0) is 19.7 Å². The number of amides is 1. The fourth-order valence-electron chi connectivity index (χ4n) is 5.29. The first kappa shape index (κ1) is 21.9. The molecule has 1 amide bonds. The fourth-order valence-corrected chi connectivity index (χ4v) is 5.29. The second-order valence-electron chi connectivity index (χ2n) is 9.94. The molecular formula is C25H30N2O6. The summed E-state index contributed by atoms with van der Waals surface area (Å²) < 4.78 is 17.1. The molecule has 8 nitrogen and oxygen atoms in total. The van der Waals surface area contributed by atoms with E-state index in [-0.39, 0.29) is 17.9 Å². The summed E-state index contributed by atoms with van der Waals surface area (Å²) in [6.07, 6.45) is 5.03. The Morgan fingerprint density at radius 1 is 1.21 bits per heavy atom. The van der Waals surface area contributed by atoms with E-state index in [9.17, 15) is 14.7 Å². The summed E-state index contributed by atoms with van der Waals surface area (Å²) in [5.74, 6) is 0.159. The van der Waals surface area contributed by atoms with Crippen LogP contribution in [0.25, 0.3) is 11.3 Å². The first-order valence-electron chi connectivity index (χ1n) is 11.7. The second-order valence-corrected chi connectivity index (χ2v) is 9.94. The Balaban J connectivity index is 1.30. The topological polar surface area (TPSA) is 111 Å². The van der Waals surface area contributed by atoms with Crippen molar-refractivity contribution in [2.24, 2.45) is 5.92 Å². The SMILES string of the molecule is Cc1noc(-c2ccc(C34CCC(CC(=O)O)(CC3)OC4)cc2)c1NC(=O)O[C@H](C)C1CC1. The van der Waals surface area contributed by atoms with Crippen molar-refractivity contribution in [1.82, 2.24) is 5.16 Å². The molecule has 2 aliphatic carbocycles. The maximum absolute atomic E-state index is 12.4. The highest BCUT2D eigenvalue weighted by Gasteiger charge is 2.51. The number of anilines is 1. The van der Waals surface area contributed by atoms with Gasteiger partial charge in [-0.25, -0.2) is 4.79 Å². The second kappa shape index (κ2) is 8.17. The molecule has 2 aromatic rings. The Hall–Kier alpha value is -2.87. The van der Waals surface area contributed by atoms with Gasteiger partial charge in [0.05, 0.1) is 18.6 Å². The average Bonchev–Trinajstić information content (AvgIpc) is 3.59. The summed E-state index contributed by atoms with van der Waals surface area (Å²) in [4.78, 5) is 23.6. The normalized spacial score (nSPS) is 27.2. The third-order valence-corrected chi connectivity index (χ3v) is 7.67. The summed E-state index contributed by atoms with van der Waals surface area (Å²) in [6.45, 7) is 4.24. The van der Waals surface area contributed by atoms with Gasteiger partial charge in [-0.15, -0.1) is 0 Å². The minimum atomic E-state index is -0.800. The highest BCUT2D eigenvalue weighted by Crippen LogP contribution is 2.51. The number of aryl methyl sites for hydroxylation is 1. The molecule has 4 fully saturated rings. The van der Waals surface area contributed by atoms with Crippen molar-refractivity contribution < 1.29 is 28.7 Å². The van der Waals surface area contributed by atoms with E-state index in [1.165, 1.54) is 5.56 Å². The van der Waals surface area contributed by atoms with Gasteiger partial charge in [-0.05, 0) is 63.9 Å². The Kier molecular flexibility index (Phi) is 5.43. The number of hydrogen-bond donors (Lipinski definition) is 2. The van der Waals surface area contributed by atoms with E-state index in [0.29, 0.717) is 29.7 Å². The first-order valence-corrected chi connectivity index (χ1v) is 11.7. The Labute approximate surface area is 192 Å². The van der Waals surface area contributed by atoms with Crippen LogP contribution in [0.4, 0.5) is 10.5 Å². The number of nitrogens with one attached hydrogen (secondary N) is 1. The standard InChI is InChI=1S/C25H30N2O6/c1-15-21(26-23(30)32-16(2)17-3-4-17)22(33-27-15)18-5-7-19(8-6-18)24-9-11-25(12-10-24,31-14-24)13-20(28)29/h5-8,16-17H,3-4,9-14H2,1-2H3,(H,26,30)(H,28,29)/t16-,24?,25?/m1/s1. The van der Waals surface area contributed by atoms with Crippen LogP contribution in [0.1, 0.15) is 63.1 Å². The number of benzene rings is 1. The van der Waals surface area contributed by atoms with Crippen LogP contribution in [0.15, 0.2) is 28.8 Å². The van der Waals surface area contributed by atoms with Gasteiger partial charge >= 0.3 is 12.1 Å². The van der Waals surface area contributed by atoms with Gasteiger partial charge in [-0.1, -0.05) is 29.4 Å². The van der Waals surface area contributed by atoms with Crippen molar-refractivity contribution >= 4 is 17.7 Å². The molecule has 0 radical (unpaired) electrons. The van der Waals surface area contributed by atoms with Crippen LogP contribution < -0.4 is 5.32 Å². The molecule has 4 aliphatic rings. The van der Waals surface area contributed by atoms with Crippen molar-refractivity contribution in [3.63, 3.8) is 0 Å². The lowest BCUT2D eigenvalue weighted by Crippen LogP contribution is -2.54. The summed E-state index contributed by atoms with van der Waals surface area (Å²) in [5, 5.41) is 16.1. The predicted molar refractivity (Wildman–Crippen MR) is 120 cm³/mol. The van der Waals surface area contributed by atoms with Crippen LogP contribution >= 0.6 is 0 Å². The molecule has 2 saturated carbocycles.